The van der Waals surface area contributed by atoms with Crippen molar-refractivity contribution in [2.75, 3.05) is 6.61 Å². The smallest absolute Gasteiger partial charge is 0.374 e. The summed E-state index contributed by atoms with van der Waals surface area (Å²) in [5.74, 6) is -0.0802. The summed E-state index contributed by atoms with van der Waals surface area (Å²) in [7, 11) is 0. The van der Waals surface area contributed by atoms with E-state index in [9.17, 15) is 4.79 Å². The third kappa shape index (κ3) is 1.93. The summed E-state index contributed by atoms with van der Waals surface area (Å²) in [6, 6.07) is 4.01. The molecule has 0 aliphatic carbocycles. The molecule has 2 aromatic rings. The van der Waals surface area contributed by atoms with Crippen LogP contribution in [-0.2, 0) is 4.74 Å². The van der Waals surface area contributed by atoms with Crippen molar-refractivity contribution in [3.63, 3.8) is 0 Å². The van der Waals surface area contributed by atoms with Gasteiger partial charge < -0.3 is 9.15 Å². The second-order valence-electron chi connectivity index (χ2n) is 4.21. The van der Waals surface area contributed by atoms with Crippen LogP contribution >= 0.6 is 0 Å². The molecule has 3 nitrogen and oxygen atoms in total. The van der Waals surface area contributed by atoms with E-state index in [-0.39, 0.29) is 0 Å². The van der Waals surface area contributed by atoms with Gasteiger partial charge in [-0.3, -0.25) is 0 Å². The fourth-order valence-electron chi connectivity index (χ4n) is 1.87. The molecule has 0 N–H and O–H groups in total. The second kappa shape index (κ2) is 4.24. The molecule has 0 bridgehead atoms. The van der Waals surface area contributed by atoms with Gasteiger partial charge in [-0.15, -0.1) is 0 Å². The second-order valence-corrected chi connectivity index (χ2v) is 4.21. The van der Waals surface area contributed by atoms with Crippen molar-refractivity contribution in [3.05, 3.63) is 34.6 Å². The summed E-state index contributed by atoms with van der Waals surface area (Å²) in [4.78, 5) is 11.7. The molecule has 0 saturated carbocycles. The Bertz CT molecular complexity index is 579. The lowest BCUT2D eigenvalue weighted by atomic mass is 10.1. The van der Waals surface area contributed by atoms with E-state index in [0.29, 0.717) is 12.4 Å². The Morgan fingerprint density at radius 3 is 2.53 bits per heavy atom. The van der Waals surface area contributed by atoms with E-state index in [2.05, 4.69) is 0 Å². The number of hydrogen-bond donors (Lipinski definition) is 0. The van der Waals surface area contributed by atoms with Crippen molar-refractivity contribution in [2.24, 2.45) is 0 Å². The summed E-state index contributed by atoms with van der Waals surface area (Å²) in [5.41, 5.74) is 3.94. The average Bonchev–Trinajstić information content (AvgIpc) is 2.58. The van der Waals surface area contributed by atoms with Crippen LogP contribution in [0.5, 0.6) is 0 Å². The van der Waals surface area contributed by atoms with Gasteiger partial charge >= 0.3 is 5.97 Å². The number of benzene rings is 1. The zero-order valence-electron chi connectivity index (χ0n) is 10.6. The van der Waals surface area contributed by atoms with E-state index in [1.807, 2.05) is 32.9 Å². The van der Waals surface area contributed by atoms with Gasteiger partial charge in [0.25, 0.3) is 0 Å². The molecule has 0 atom stereocenters. The molecule has 0 radical (unpaired) electrons. The molecule has 17 heavy (non-hydrogen) atoms. The minimum absolute atomic E-state index is 0.312. The summed E-state index contributed by atoms with van der Waals surface area (Å²) in [6.07, 6.45) is 0. The van der Waals surface area contributed by atoms with Crippen molar-refractivity contribution in [2.45, 2.75) is 27.7 Å². The van der Waals surface area contributed by atoms with Crippen molar-refractivity contribution >= 4 is 16.9 Å². The number of carbonyl (C=O) groups excluding carboxylic acids is 1. The van der Waals surface area contributed by atoms with E-state index >= 15 is 0 Å². The predicted molar refractivity (Wildman–Crippen MR) is 66.4 cm³/mol. The largest absolute Gasteiger partial charge is 0.460 e. The van der Waals surface area contributed by atoms with Gasteiger partial charge in [0, 0.05) is 10.9 Å². The number of hydrogen-bond acceptors (Lipinski definition) is 3. The van der Waals surface area contributed by atoms with Gasteiger partial charge in [-0.25, -0.2) is 4.79 Å². The van der Waals surface area contributed by atoms with E-state index in [4.69, 9.17) is 9.15 Å². The molecule has 1 aromatic heterocycles. The lowest BCUT2D eigenvalue weighted by Gasteiger charge is -1.98. The number of fused-ring (bicyclic) bond motifs is 1. The van der Waals surface area contributed by atoms with Gasteiger partial charge in [-0.2, -0.15) is 0 Å². The van der Waals surface area contributed by atoms with Crippen LogP contribution in [0.4, 0.5) is 0 Å². The lowest BCUT2D eigenvalue weighted by molar-refractivity contribution is 0.0491. The van der Waals surface area contributed by atoms with Gasteiger partial charge in [0.15, 0.2) is 0 Å². The van der Waals surface area contributed by atoms with E-state index in [0.717, 1.165) is 22.1 Å². The van der Waals surface area contributed by atoms with Crippen LogP contribution in [0.3, 0.4) is 0 Å². The van der Waals surface area contributed by atoms with Crippen LogP contribution in [0.25, 0.3) is 11.0 Å². The maximum Gasteiger partial charge on any atom is 0.374 e. The molecule has 0 fully saturated rings. The third-order valence-corrected chi connectivity index (χ3v) is 3.01. The standard InChI is InChI=1S/C14H16O3/c1-5-16-14(15)13-10(4)11-6-8(2)9(3)7-12(11)17-13/h6-7H,5H2,1-4H3. The van der Waals surface area contributed by atoms with Crippen molar-refractivity contribution in [1.29, 1.82) is 0 Å². The van der Waals surface area contributed by atoms with Crippen LogP contribution in [0.15, 0.2) is 16.5 Å². The fourth-order valence-corrected chi connectivity index (χ4v) is 1.87. The molecular formula is C14H16O3. The third-order valence-electron chi connectivity index (χ3n) is 3.01. The van der Waals surface area contributed by atoms with Crippen molar-refractivity contribution in [3.8, 4) is 0 Å². The fraction of sp³-hybridized carbons (Fsp3) is 0.357. The topological polar surface area (TPSA) is 39.4 Å². The van der Waals surface area contributed by atoms with Crippen LogP contribution < -0.4 is 0 Å². The molecule has 2 rings (SSSR count). The summed E-state index contributed by atoms with van der Waals surface area (Å²) < 4.78 is 10.5. The maximum atomic E-state index is 11.7. The van der Waals surface area contributed by atoms with Gasteiger partial charge in [0.2, 0.25) is 5.76 Å². The highest BCUT2D eigenvalue weighted by Gasteiger charge is 2.18. The Morgan fingerprint density at radius 2 is 1.88 bits per heavy atom. The monoisotopic (exact) mass is 232 g/mol. The first kappa shape index (κ1) is 11.7. The number of ether oxygens (including phenoxy) is 1. The average molecular weight is 232 g/mol. The molecule has 0 spiro atoms. The van der Waals surface area contributed by atoms with E-state index in [1.165, 1.54) is 5.56 Å². The predicted octanol–water partition coefficient (Wildman–Crippen LogP) is 3.53. The van der Waals surface area contributed by atoms with E-state index in [1.54, 1.807) is 6.92 Å². The Balaban J connectivity index is 2.60. The van der Waals surface area contributed by atoms with Crippen LogP contribution in [0.1, 0.15) is 34.2 Å². The number of carbonyl (C=O) groups is 1. The minimum atomic E-state index is -0.392. The molecule has 3 heteroatoms. The summed E-state index contributed by atoms with van der Waals surface area (Å²) in [5, 5.41) is 0.983. The van der Waals surface area contributed by atoms with Crippen molar-refractivity contribution < 1.29 is 13.9 Å². The quantitative estimate of drug-likeness (QED) is 0.743. The van der Waals surface area contributed by atoms with Gasteiger partial charge in [0.05, 0.1) is 6.61 Å². The molecule has 1 aromatic carbocycles. The number of aryl methyl sites for hydroxylation is 3. The first-order valence-corrected chi connectivity index (χ1v) is 5.72. The molecule has 0 saturated heterocycles. The Morgan fingerprint density at radius 1 is 1.24 bits per heavy atom. The first-order chi connectivity index (χ1) is 8.04. The van der Waals surface area contributed by atoms with Crippen LogP contribution in [0.2, 0.25) is 0 Å². The zero-order valence-corrected chi connectivity index (χ0v) is 10.6. The zero-order chi connectivity index (χ0) is 12.6. The first-order valence-electron chi connectivity index (χ1n) is 5.72. The number of furan rings is 1. The Labute approximate surface area is 100 Å². The number of esters is 1. The normalized spacial score (nSPS) is 10.8. The molecule has 0 amide bonds. The van der Waals surface area contributed by atoms with Crippen molar-refractivity contribution in [1.82, 2.24) is 0 Å². The van der Waals surface area contributed by atoms with Gasteiger partial charge in [0.1, 0.15) is 5.58 Å². The lowest BCUT2D eigenvalue weighted by Crippen LogP contribution is -2.04. The SMILES string of the molecule is CCOC(=O)c1oc2cc(C)c(C)cc2c1C. The van der Waals surface area contributed by atoms with Crippen LogP contribution in [0, 0.1) is 20.8 Å². The van der Waals surface area contributed by atoms with Gasteiger partial charge in [-0.05, 0) is 51.0 Å². The molecular weight excluding hydrogens is 216 g/mol. The molecule has 0 unspecified atom stereocenters. The van der Waals surface area contributed by atoms with Gasteiger partial charge in [-0.1, -0.05) is 0 Å². The molecule has 90 valence electrons. The highest BCUT2D eigenvalue weighted by Crippen LogP contribution is 2.28. The maximum absolute atomic E-state index is 11.7. The Hall–Kier alpha value is -1.77. The van der Waals surface area contributed by atoms with E-state index < -0.39 is 5.97 Å². The molecule has 1 heterocycles. The molecule has 0 aliphatic heterocycles. The number of rotatable bonds is 2. The molecule has 0 aliphatic rings. The minimum Gasteiger partial charge on any atom is -0.460 e. The summed E-state index contributed by atoms with van der Waals surface area (Å²) in [6.45, 7) is 8.09. The highest BCUT2D eigenvalue weighted by molar-refractivity contribution is 5.96. The summed E-state index contributed by atoms with van der Waals surface area (Å²) >= 11 is 0. The van der Waals surface area contributed by atoms with Crippen LogP contribution in [-0.4, -0.2) is 12.6 Å². The Kier molecular flexibility index (Phi) is 2.92. The highest BCUT2D eigenvalue weighted by atomic mass is 16.5.